The van der Waals surface area contributed by atoms with Crippen molar-refractivity contribution >= 4 is 5.97 Å². The van der Waals surface area contributed by atoms with E-state index in [0.29, 0.717) is 11.5 Å². The molecule has 2 aromatic rings. The molecule has 0 radical (unpaired) electrons. The zero-order valence-corrected chi connectivity index (χ0v) is 10.5. The molecule has 4 heteroatoms. The van der Waals surface area contributed by atoms with E-state index in [1.165, 1.54) is 0 Å². The number of aromatic nitrogens is 1. The van der Waals surface area contributed by atoms with Crippen molar-refractivity contribution in [2.45, 2.75) is 31.6 Å². The number of carboxylic acid groups (broad SMARTS) is 1. The van der Waals surface area contributed by atoms with Gasteiger partial charge < -0.3 is 9.63 Å². The van der Waals surface area contributed by atoms with Gasteiger partial charge in [0.05, 0.1) is 0 Å². The topological polar surface area (TPSA) is 63.3 Å². The van der Waals surface area contributed by atoms with E-state index in [1.54, 1.807) is 0 Å². The smallest absolute Gasteiger partial charge is 0.341 e. The quantitative estimate of drug-likeness (QED) is 0.910. The molecule has 1 saturated carbocycles. The van der Waals surface area contributed by atoms with Crippen LogP contribution in [0.3, 0.4) is 0 Å². The number of carbonyl (C=O) groups is 1. The van der Waals surface area contributed by atoms with E-state index in [9.17, 15) is 9.90 Å². The van der Waals surface area contributed by atoms with Crippen molar-refractivity contribution in [3.63, 3.8) is 0 Å². The van der Waals surface area contributed by atoms with Crippen molar-refractivity contribution in [3.8, 4) is 11.3 Å². The third-order valence-electron chi connectivity index (χ3n) is 3.71. The summed E-state index contributed by atoms with van der Waals surface area (Å²) in [4.78, 5) is 11.5. The highest BCUT2D eigenvalue weighted by Gasteiger charge is 2.30. The van der Waals surface area contributed by atoms with Crippen LogP contribution in [0.15, 0.2) is 34.9 Å². The summed E-state index contributed by atoms with van der Waals surface area (Å²) in [5, 5.41) is 13.5. The van der Waals surface area contributed by atoms with Crippen LogP contribution in [0.4, 0.5) is 0 Å². The fraction of sp³-hybridized carbons (Fsp3) is 0.333. The lowest BCUT2D eigenvalue weighted by atomic mass is 9.97. The van der Waals surface area contributed by atoms with Crippen molar-refractivity contribution in [1.82, 2.24) is 5.16 Å². The normalized spacial score (nSPS) is 15.8. The van der Waals surface area contributed by atoms with Gasteiger partial charge in [0, 0.05) is 11.5 Å². The van der Waals surface area contributed by atoms with Crippen molar-refractivity contribution in [1.29, 1.82) is 0 Å². The van der Waals surface area contributed by atoms with E-state index < -0.39 is 5.97 Å². The lowest BCUT2D eigenvalue weighted by molar-refractivity contribution is 0.0694. The molecule has 0 saturated heterocycles. The number of carboxylic acids is 1. The predicted molar refractivity (Wildman–Crippen MR) is 70.1 cm³/mol. The Morgan fingerprint density at radius 2 is 1.89 bits per heavy atom. The van der Waals surface area contributed by atoms with E-state index in [4.69, 9.17) is 4.52 Å². The first kappa shape index (κ1) is 12.0. The highest BCUT2D eigenvalue weighted by atomic mass is 16.5. The SMILES string of the molecule is O=C(O)c1c(-c2ccccc2)noc1C1CCCC1. The monoisotopic (exact) mass is 257 g/mol. The van der Waals surface area contributed by atoms with Crippen LogP contribution in [0.5, 0.6) is 0 Å². The highest BCUT2D eigenvalue weighted by Crippen LogP contribution is 2.38. The van der Waals surface area contributed by atoms with Gasteiger partial charge in [-0.1, -0.05) is 48.3 Å². The first-order valence-corrected chi connectivity index (χ1v) is 6.55. The molecular weight excluding hydrogens is 242 g/mol. The van der Waals surface area contributed by atoms with Gasteiger partial charge in [-0.25, -0.2) is 4.79 Å². The minimum Gasteiger partial charge on any atom is -0.477 e. The molecule has 19 heavy (non-hydrogen) atoms. The van der Waals surface area contributed by atoms with Crippen LogP contribution in [0, 0.1) is 0 Å². The van der Waals surface area contributed by atoms with Crippen LogP contribution in [0.25, 0.3) is 11.3 Å². The molecule has 4 nitrogen and oxygen atoms in total. The maximum Gasteiger partial charge on any atom is 0.341 e. The molecule has 0 bridgehead atoms. The third kappa shape index (κ3) is 2.14. The Bertz CT molecular complexity index is 583. The van der Waals surface area contributed by atoms with E-state index in [2.05, 4.69) is 5.16 Å². The molecule has 0 spiro atoms. The lowest BCUT2D eigenvalue weighted by Crippen LogP contribution is -2.04. The molecular formula is C15H15NO3. The maximum absolute atomic E-state index is 11.5. The van der Waals surface area contributed by atoms with Crippen molar-refractivity contribution in [2.75, 3.05) is 0 Å². The molecule has 1 aliphatic rings. The largest absolute Gasteiger partial charge is 0.477 e. The number of aromatic carboxylic acids is 1. The van der Waals surface area contributed by atoms with Gasteiger partial charge in [-0.05, 0) is 12.8 Å². The van der Waals surface area contributed by atoms with Gasteiger partial charge in [0.2, 0.25) is 0 Å². The molecule has 98 valence electrons. The maximum atomic E-state index is 11.5. The summed E-state index contributed by atoms with van der Waals surface area (Å²) in [6, 6.07) is 9.32. The van der Waals surface area contributed by atoms with Gasteiger partial charge in [-0.15, -0.1) is 0 Å². The standard InChI is InChI=1S/C15H15NO3/c17-15(18)12-13(10-6-2-1-3-7-10)16-19-14(12)11-8-4-5-9-11/h1-3,6-7,11H,4-5,8-9H2,(H,17,18). The molecule has 1 N–H and O–H groups in total. The number of hydrogen-bond acceptors (Lipinski definition) is 3. The summed E-state index contributed by atoms with van der Waals surface area (Å²) in [6.45, 7) is 0. The summed E-state index contributed by atoms with van der Waals surface area (Å²) in [6.07, 6.45) is 4.24. The Balaban J connectivity index is 2.08. The highest BCUT2D eigenvalue weighted by molar-refractivity contribution is 5.96. The lowest BCUT2D eigenvalue weighted by Gasteiger charge is -2.05. The van der Waals surface area contributed by atoms with E-state index in [-0.39, 0.29) is 11.5 Å². The Labute approximate surface area is 111 Å². The first-order chi connectivity index (χ1) is 9.27. The van der Waals surface area contributed by atoms with E-state index >= 15 is 0 Å². The van der Waals surface area contributed by atoms with Gasteiger partial charge >= 0.3 is 5.97 Å². The minimum absolute atomic E-state index is 0.205. The molecule has 1 aliphatic carbocycles. The predicted octanol–water partition coefficient (Wildman–Crippen LogP) is 3.70. The van der Waals surface area contributed by atoms with Gasteiger partial charge in [0.25, 0.3) is 0 Å². The van der Waals surface area contributed by atoms with Crippen LogP contribution >= 0.6 is 0 Å². The second-order valence-electron chi connectivity index (χ2n) is 4.92. The third-order valence-corrected chi connectivity index (χ3v) is 3.71. The average molecular weight is 257 g/mol. The summed E-state index contributed by atoms with van der Waals surface area (Å²) in [7, 11) is 0. The number of benzene rings is 1. The van der Waals surface area contributed by atoms with E-state index in [0.717, 1.165) is 31.2 Å². The zero-order valence-electron chi connectivity index (χ0n) is 10.5. The Hall–Kier alpha value is -2.10. The molecule has 0 unspecified atom stereocenters. The van der Waals surface area contributed by atoms with Crippen LogP contribution in [-0.2, 0) is 0 Å². The van der Waals surface area contributed by atoms with Crippen molar-refractivity contribution in [3.05, 3.63) is 41.7 Å². The molecule has 1 aromatic carbocycles. The van der Waals surface area contributed by atoms with Crippen molar-refractivity contribution < 1.29 is 14.4 Å². The average Bonchev–Trinajstić information content (AvgIpc) is 3.08. The molecule has 0 atom stereocenters. The fourth-order valence-electron chi connectivity index (χ4n) is 2.77. The summed E-state index contributed by atoms with van der Waals surface area (Å²) in [5.41, 5.74) is 1.46. The molecule has 1 heterocycles. The van der Waals surface area contributed by atoms with E-state index in [1.807, 2.05) is 30.3 Å². The summed E-state index contributed by atoms with van der Waals surface area (Å²) < 4.78 is 5.36. The van der Waals surface area contributed by atoms with Gasteiger partial charge in [0.1, 0.15) is 11.3 Å². The first-order valence-electron chi connectivity index (χ1n) is 6.55. The van der Waals surface area contributed by atoms with Gasteiger partial charge in [0.15, 0.2) is 5.76 Å². The summed E-state index contributed by atoms with van der Waals surface area (Å²) >= 11 is 0. The molecule has 1 fully saturated rings. The van der Waals surface area contributed by atoms with Gasteiger partial charge in [-0.2, -0.15) is 0 Å². The second kappa shape index (κ2) is 4.88. The molecule has 3 rings (SSSR count). The van der Waals surface area contributed by atoms with Crippen LogP contribution in [0.2, 0.25) is 0 Å². The van der Waals surface area contributed by atoms with Crippen LogP contribution < -0.4 is 0 Å². The Kier molecular flexibility index (Phi) is 3.07. The van der Waals surface area contributed by atoms with Crippen molar-refractivity contribution in [2.24, 2.45) is 0 Å². The molecule has 1 aromatic heterocycles. The molecule has 0 amide bonds. The Morgan fingerprint density at radius 1 is 1.21 bits per heavy atom. The second-order valence-corrected chi connectivity index (χ2v) is 4.92. The fourth-order valence-corrected chi connectivity index (χ4v) is 2.77. The molecule has 0 aliphatic heterocycles. The minimum atomic E-state index is -0.956. The van der Waals surface area contributed by atoms with Crippen LogP contribution in [0.1, 0.15) is 47.7 Å². The zero-order chi connectivity index (χ0) is 13.2. The number of rotatable bonds is 3. The number of nitrogens with zero attached hydrogens (tertiary/aromatic N) is 1. The Morgan fingerprint density at radius 3 is 2.53 bits per heavy atom. The van der Waals surface area contributed by atoms with Crippen LogP contribution in [-0.4, -0.2) is 16.2 Å². The summed E-state index contributed by atoms with van der Waals surface area (Å²) in [5.74, 6) is -0.207. The number of hydrogen-bond donors (Lipinski definition) is 1. The van der Waals surface area contributed by atoms with Gasteiger partial charge in [-0.3, -0.25) is 0 Å².